The minimum absolute atomic E-state index is 0.102. The van der Waals surface area contributed by atoms with Gasteiger partial charge in [0.25, 0.3) is 0 Å². The third kappa shape index (κ3) is 64.3. The first-order valence-corrected chi connectivity index (χ1v) is 32.7. The van der Waals surface area contributed by atoms with Gasteiger partial charge in [0.1, 0.15) is 13.2 Å². The number of esters is 3. The molecule has 0 heterocycles. The molecule has 0 aliphatic heterocycles. The fourth-order valence-corrected chi connectivity index (χ4v) is 8.84. The van der Waals surface area contributed by atoms with E-state index in [1.165, 1.54) is 128 Å². The van der Waals surface area contributed by atoms with Crippen molar-refractivity contribution in [2.45, 2.75) is 297 Å². The molecule has 448 valence electrons. The summed E-state index contributed by atoms with van der Waals surface area (Å²) in [5.41, 5.74) is 0. The van der Waals surface area contributed by atoms with Crippen LogP contribution < -0.4 is 0 Å². The van der Waals surface area contributed by atoms with E-state index in [9.17, 15) is 14.4 Å². The van der Waals surface area contributed by atoms with E-state index >= 15 is 0 Å². The fraction of sp³-hybridized carbons (Fsp3) is 0.658. The molecule has 0 N–H and O–H groups in total. The summed E-state index contributed by atoms with van der Waals surface area (Å²) >= 11 is 0. The minimum Gasteiger partial charge on any atom is -0.462 e. The van der Waals surface area contributed by atoms with Crippen LogP contribution in [0.2, 0.25) is 0 Å². The predicted molar refractivity (Wildman–Crippen MR) is 343 cm³/mol. The Bertz CT molecular complexity index is 1680. The maximum absolute atomic E-state index is 12.9. The smallest absolute Gasteiger partial charge is 0.306 e. The van der Waals surface area contributed by atoms with Gasteiger partial charge in [-0.3, -0.25) is 14.4 Å². The maximum Gasteiger partial charge on any atom is 0.306 e. The van der Waals surface area contributed by atoms with E-state index in [1.54, 1.807) is 0 Å². The van der Waals surface area contributed by atoms with Crippen molar-refractivity contribution in [1.29, 1.82) is 0 Å². The fourth-order valence-electron chi connectivity index (χ4n) is 8.84. The molecule has 0 saturated heterocycles. The molecular weight excluding hydrogens is 973 g/mol. The summed E-state index contributed by atoms with van der Waals surface area (Å²) in [6.07, 6.45) is 93.2. The highest BCUT2D eigenvalue weighted by atomic mass is 16.6. The zero-order valence-corrected chi connectivity index (χ0v) is 51.3. The van der Waals surface area contributed by atoms with E-state index in [-0.39, 0.29) is 37.5 Å². The van der Waals surface area contributed by atoms with Gasteiger partial charge in [0.05, 0.1) is 0 Å². The van der Waals surface area contributed by atoms with Crippen LogP contribution in [0.5, 0.6) is 0 Å². The molecular formula is C73H120O6. The van der Waals surface area contributed by atoms with E-state index in [0.717, 1.165) is 116 Å². The number of hydrogen-bond donors (Lipinski definition) is 0. The third-order valence-corrected chi connectivity index (χ3v) is 13.7. The molecule has 0 radical (unpaired) electrons. The zero-order chi connectivity index (χ0) is 57.1. The lowest BCUT2D eigenvalue weighted by Crippen LogP contribution is -2.30. The van der Waals surface area contributed by atoms with Gasteiger partial charge >= 0.3 is 17.9 Å². The summed E-state index contributed by atoms with van der Waals surface area (Å²) in [5.74, 6) is -0.959. The van der Waals surface area contributed by atoms with Crippen LogP contribution in [0, 0.1) is 0 Å². The molecule has 0 amide bonds. The number of ether oxygens (including phenoxy) is 3. The minimum atomic E-state index is -0.813. The lowest BCUT2D eigenvalue weighted by molar-refractivity contribution is -0.167. The second kappa shape index (κ2) is 66.1. The Morgan fingerprint density at radius 1 is 0.266 bits per heavy atom. The SMILES string of the molecule is CC/C=C\C/C=C\C/C=C\C/C=C\C/C=C\C/C=C\C/C=C\CCCC(=O)OC(COC(=O)CCCCCCCCCCCCCCC)COC(=O)CCCCCCCCCCCCCC/C=C\C/C=C\C/C=C\C/C=C\CC. The standard InChI is InChI=1S/C73H120O6/c1-4-7-10-13-16-19-22-25-27-29-31-33-35-36-38-39-41-43-45-48-51-54-57-60-63-66-72(75)78-69-70(68-77-71(74)65-62-59-56-53-50-47-24-21-18-15-12-9-6-3)79-73(76)67-64-61-58-55-52-49-46-44-42-40-37-34-32-30-28-26-23-20-17-14-11-8-5-2/h7-8,10-11,16-17,19-20,25-28,31-34,40,42,46,49,55,58,70H,4-6,9,12-15,18,21-24,29-30,35-39,41,43-45,47-48,50-54,56-57,59-69H2,1-3H3/b10-7-,11-8-,19-16-,20-17-,27-25-,28-26-,33-31-,34-32-,42-40-,49-46-,58-55-. The Morgan fingerprint density at radius 2 is 0.506 bits per heavy atom. The van der Waals surface area contributed by atoms with Gasteiger partial charge in [-0.15, -0.1) is 0 Å². The van der Waals surface area contributed by atoms with Crippen molar-refractivity contribution in [3.63, 3.8) is 0 Å². The van der Waals surface area contributed by atoms with Gasteiger partial charge in [-0.05, 0) is 109 Å². The van der Waals surface area contributed by atoms with Crippen molar-refractivity contribution in [3.8, 4) is 0 Å². The second-order valence-corrected chi connectivity index (χ2v) is 21.3. The first kappa shape index (κ1) is 74.5. The van der Waals surface area contributed by atoms with E-state index < -0.39 is 6.10 Å². The number of unbranched alkanes of at least 4 members (excludes halogenated alkanes) is 25. The van der Waals surface area contributed by atoms with Gasteiger partial charge in [0.2, 0.25) is 0 Å². The number of rotatable bonds is 58. The first-order chi connectivity index (χ1) is 39.0. The van der Waals surface area contributed by atoms with Crippen LogP contribution in [0.25, 0.3) is 0 Å². The monoisotopic (exact) mass is 1090 g/mol. The molecule has 79 heavy (non-hydrogen) atoms. The molecule has 0 spiro atoms. The molecule has 1 unspecified atom stereocenters. The molecule has 6 heteroatoms. The van der Waals surface area contributed by atoms with Crippen LogP contribution in [0.1, 0.15) is 290 Å². The molecule has 0 aliphatic carbocycles. The highest BCUT2D eigenvalue weighted by Gasteiger charge is 2.19. The Hall–Kier alpha value is -4.45. The predicted octanol–water partition coefficient (Wildman–Crippen LogP) is 22.5. The summed E-state index contributed by atoms with van der Waals surface area (Å²) in [4.78, 5) is 38.3. The van der Waals surface area contributed by atoms with Gasteiger partial charge in [-0.1, -0.05) is 296 Å². The lowest BCUT2D eigenvalue weighted by Gasteiger charge is -2.18. The molecule has 0 saturated carbocycles. The van der Waals surface area contributed by atoms with Gasteiger partial charge in [0, 0.05) is 19.3 Å². The quantitative estimate of drug-likeness (QED) is 0.0261. The van der Waals surface area contributed by atoms with Crippen molar-refractivity contribution in [2.75, 3.05) is 13.2 Å². The van der Waals surface area contributed by atoms with E-state index in [4.69, 9.17) is 14.2 Å². The highest BCUT2D eigenvalue weighted by Crippen LogP contribution is 2.16. The summed E-state index contributed by atoms with van der Waals surface area (Å²) in [7, 11) is 0. The van der Waals surface area contributed by atoms with E-state index in [0.29, 0.717) is 19.3 Å². The molecule has 0 aliphatic rings. The van der Waals surface area contributed by atoms with E-state index in [2.05, 4.69) is 154 Å². The Balaban J connectivity index is 4.42. The van der Waals surface area contributed by atoms with Gasteiger partial charge in [-0.2, -0.15) is 0 Å². The van der Waals surface area contributed by atoms with Crippen molar-refractivity contribution < 1.29 is 28.6 Å². The Labute approximate surface area is 487 Å². The third-order valence-electron chi connectivity index (χ3n) is 13.7. The van der Waals surface area contributed by atoms with Crippen LogP contribution >= 0.6 is 0 Å². The number of allylic oxidation sites excluding steroid dienone is 22. The molecule has 0 aromatic heterocycles. The summed E-state index contributed by atoms with van der Waals surface area (Å²) < 4.78 is 16.9. The van der Waals surface area contributed by atoms with Crippen molar-refractivity contribution in [2.24, 2.45) is 0 Å². The van der Waals surface area contributed by atoms with Crippen LogP contribution in [0.15, 0.2) is 134 Å². The zero-order valence-electron chi connectivity index (χ0n) is 51.3. The van der Waals surface area contributed by atoms with Crippen molar-refractivity contribution in [1.82, 2.24) is 0 Å². The molecule has 1 atom stereocenters. The number of carbonyl (C=O) groups is 3. The summed E-state index contributed by atoms with van der Waals surface area (Å²) in [5, 5.41) is 0. The number of hydrogen-bond acceptors (Lipinski definition) is 6. The number of carbonyl (C=O) groups excluding carboxylic acids is 3. The van der Waals surface area contributed by atoms with Gasteiger partial charge in [-0.25, -0.2) is 0 Å². The molecule has 0 aromatic carbocycles. The Morgan fingerprint density at radius 3 is 0.810 bits per heavy atom. The Kier molecular flexibility index (Phi) is 62.3. The van der Waals surface area contributed by atoms with Crippen LogP contribution in [0.4, 0.5) is 0 Å². The first-order valence-electron chi connectivity index (χ1n) is 32.7. The van der Waals surface area contributed by atoms with Crippen molar-refractivity contribution >= 4 is 17.9 Å². The molecule has 0 fully saturated rings. The van der Waals surface area contributed by atoms with Gasteiger partial charge in [0.15, 0.2) is 6.10 Å². The van der Waals surface area contributed by atoms with Crippen molar-refractivity contribution in [3.05, 3.63) is 134 Å². The lowest BCUT2D eigenvalue weighted by atomic mass is 10.0. The normalized spacial score (nSPS) is 13.0. The maximum atomic E-state index is 12.9. The van der Waals surface area contributed by atoms with Gasteiger partial charge < -0.3 is 14.2 Å². The largest absolute Gasteiger partial charge is 0.462 e. The van der Waals surface area contributed by atoms with Crippen LogP contribution in [-0.2, 0) is 28.6 Å². The molecule has 0 bridgehead atoms. The van der Waals surface area contributed by atoms with Crippen LogP contribution in [0.3, 0.4) is 0 Å². The average Bonchev–Trinajstić information content (AvgIpc) is 3.45. The average molecular weight is 1090 g/mol. The topological polar surface area (TPSA) is 78.9 Å². The summed E-state index contributed by atoms with van der Waals surface area (Å²) in [6.45, 7) is 6.38. The van der Waals surface area contributed by atoms with Crippen LogP contribution in [-0.4, -0.2) is 37.2 Å². The summed E-state index contributed by atoms with van der Waals surface area (Å²) in [6, 6.07) is 0. The van der Waals surface area contributed by atoms with E-state index in [1.807, 2.05) is 0 Å². The highest BCUT2D eigenvalue weighted by molar-refractivity contribution is 5.71. The molecule has 0 rings (SSSR count). The second-order valence-electron chi connectivity index (χ2n) is 21.3. The molecule has 0 aromatic rings. The molecule has 6 nitrogen and oxygen atoms in total.